The first kappa shape index (κ1) is 22.7. The molecule has 182 valence electrons. The smallest absolute Gasteiger partial charge is 0.317 e. The molecule has 35 heavy (non-hydrogen) atoms. The molecule has 2 aromatic heterocycles. The number of fused-ring (bicyclic) bond motifs is 2. The highest BCUT2D eigenvalue weighted by molar-refractivity contribution is 5.93. The summed E-state index contributed by atoms with van der Waals surface area (Å²) in [7, 11) is 1.20. The van der Waals surface area contributed by atoms with Gasteiger partial charge in [-0.1, -0.05) is 0 Å². The standard InChI is InChI=1S/C23H20F4N6O2/c1-35-22-21(32-23(28)34)30-19-15(16(25)17(26)18(27)20(19)31-22)10-4-6-33(7-5-10)14-9-29-13-3-2-11(24)8-12(13)14/h2-3,8-10,29H,4-7H2,1H3,(H3,28,30,32,34). The summed E-state index contributed by atoms with van der Waals surface area (Å²) in [5.41, 5.74) is 5.86. The van der Waals surface area contributed by atoms with Gasteiger partial charge in [-0.15, -0.1) is 0 Å². The number of H-pyrrole nitrogens is 1. The number of nitrogens with one attached hydrogen (secondary N) is 2. The Kier molecular flexibility index (Phi) is 5.58. The first-order valence-corrected chi connectivity index (χ1v) is 10.8. The lowest BCUT2D eigenvalue weighted by atomic mass is 9.87. The van der Waals surface area contributed by atoms with E-state index < -0.39 is 34.9 Å². The molecule has 1 fully saturated rings. The van der Waals surface area contributed by atoms with Crippen LogP contribution in [0.1, 0.15) is 24.3 Å². The number of amides is 2. The minimum Gasteiger partial charge on any atom is -0.478 e. The molecule has 1 aliphatic rings. The molecule has 12 heteroatoms. The maximum absolute atomic E-state index is 15.1. The number of methoxy groups -OCH3 is 1. The third-order valence-electron chi connectivity index (χ3n) is 6.25. The molecule has 5 rings (SSSR count). The summed E-state index contributed by atoms with van der Waals surface area (Å²) < 4.78 is 63.0. The van der Waals surface area contributed by atoms with Crippen molar-refractivity contribution in [3.63, 3.8) is 0 Å². The number of piperidine rings is 1. The van der Waals surface area contributed by atoms with Crippen LogP contribution < -0.4 is 20.7 Å². The Morgan fingerprint density at radius 3 is 2.54 bits per heavy atom. The predicted molar refractivity (Wildman–Crippen MR) is 122 cm³/mol. The number of nitrogens with two attached hydrogens (primary N) is 1. The topological polar surface area (TPSA) is 109 Å². The van der Waals surface area contributed by atoms with Crippen LogP contribution in [0.15, 0.2) is 24.4 Å². The Balaban J connectivity index is 1.53. The van der Waals surface area contributed by atoms with Gasteiger partial charge in [0, 0.05) is 35.8 Å². The highest BCUT2D eigenvalue weighted by atomic mass is 19.2. The van der Waals surface area contributed by atoms with Crippen molar-refractivity contribution in [2.75, 3.05) is 30.4 Å². The third-order valence-corrected chi connectivity index (χ3v) is 6.25. The van der Waals surface area contributed by atoms with Crippen LogP contribution in [0, 0.1) is 23.3 Å². The van der Waals surface area contributed by atoms with Crippen molar-refractivity contribution in [1.82, 2.24) is 15.0 Å². The van der Waals surface area contributed by atoms with Crippen molar-refractivity contribution in [1.29, 1.82) is 0 Å². The zero-order valence-electron chi connectivity index (χ0n) is 18.5. The number of rotatable bonds is 4. The Morgan fingerprint density at radius 2 is 1.86 bits per heavy atom. The summed E-state index contributed by atoms with van der Waals surface area (Å²) in [5.74, 6) is -5.93. The van der Waals surface area contributed by atoms with Crippen LogP contribution in [0.5, 0.6) is 5.88 Å². The number of aromatic amines is 1. The molecule has 0 radical (unpaired) electrons. The summed E-state index contributed by atoms with van der Waals surface area (Å²) in [6.07, 6.45) is 2.54. The normalized spacial score (nSPS) is 14.6. The van der Waals surface area contributed by atoms with E-state index in [-0.39, 0.29) is 28.6 Å². The van der Waals surface area contributed by atoms with E-state index in [0.29, 0.717) is 31.3 Å². The summed E-state index contributed by atoms with van der Waals surface area (Å²) >= 11 is 0. The van der Waals surface area contributed by atoms with E-state index in [1.54, 1.807) is 12.3 Å². The highest BCUT2D eigenvalue weighted by Gasteiger charge is 2.32. The second kappa shape index (κ2) is 8.60. The Labute approximate surface area is 196 Å². The van der Waals surface area contributed by atoms with Gasteiger partial charge in [0.25, 0.3) is 5.88 Å². The van der Waals surface area contributed by atoms with Crippen molar-refractivity contribution in [3.8, 4) is 5.88 Å². The second-order valence-corrected chi connectivity index (χ2v) is 8.25. The number of benzene rings is 2. The highest BCUT2D eigenvalue weighted by Crippen LogP contribution is 2.40. The fourth-order valence-electron chi connectivity index (χ4n) is 4.65. The molecule has 0 bridgehead atoms. The lowest BCUT2D eigenvalue weighted by Crippen LogP contribution is -2.33. The fraction of sp³-hybridized carbons (Fsp3) is 0.261. The molecule has 1 saturated heterocycles. The Morgan fingerprint density at radius 1 is 1.11 bits per heavy atom. The van der Waals surface area contributed by atoms with E-state index in [1.165, 1.54) is 19.2 Å². The quantitative estimate of drug-likeness (QED) is 0.289. The molecule has 4 aromatic rings. The van der Waals surface area contributed by atoms with Gasteiger partial charge in [-0.3, -0.25) is 5.32 Å². The summed E-state index contributed by atoms with van der Waals surface area (Å²) in [4.78, 5) is 24.5. The molecule has 0 unspecified atom stereocenters. The molecule has 8 nitrogen and oxygen atoms in total. The number of hydrogen-bond acceptors (Lipinski definition) is 5. The van der Waals surface area contributed by atoms with E-state index in [1.807, 2.05) is 4.90 Å². The minimum absolute atomic E-state index is 0.133. The molecule has 1 aliphatic heterocycles. The van der Waals surface area contributed by atoms with Crippen LogP contribution in [-0.2, 0) is 0 Å². The summed E-state index contributed by atoms with van der Waals surface area (Å²) in [6.45, 7) is 0.897. The molecule has 4 N–H and O–H groups in total. The lowest BCUT2D eigenvalue weighted by Gasteiger charge is -2.34. The first-order valence-electron chi connectivity index (χ1n) is 10.8. The number of anilines is 2. The summed E-state index contributed by atoms with van der Waals surface area (Å²) in [6, 6.07) is 3.47. The van der Waals surface area contributed by atoms with Crippen LogP contribution in [-0.4, -0.2) is 41.2 Å². The fourth-order valence-corrected chi connectivity index (χ4v) is 4.65. The van der Waals surface area contributed by atoms with Gasteiger partial charge in [0.15, 0.2) is 23.3 Å². The lowest BCUT2D eigenvalue weighted by molar-refractivity contribution is 0.259. The minimum atomic E-state index is -1.66. The average Bonchev–Trinajstić information content (AvgIpc) is 3.25. The first-order chi connectivity index (χ1) is 16.8. The van der Waals surface area contributed by atoms with Gasteiger partial charge in [-0.25, -0.2) is 32.3 Å². The number of urea groups is 1. The number of nitrogens with zero attached hydrogens (tertiary/aromatic N) is 3. The maximum Gasteiger partial charge on any atom is 0.317 e. The molecule has 0 spiro atoms. The molecular formula is C23H20F4N6O2. The number of aromatic nitrogens is 3. The van der Waals surface area contributed by atoms with Gasteiger partial charge in [0.05, 0.1) is 12.8 Å². The number of carbonyl (C=O) groups is 1. The number of halogens is 4. The van der Waals surface area contributed by atoms with Crippen molar-refractivity contribution in [3.05, 3.63) is 53.2 Å². The molecule has 3 heterocycles. The van der Waals surface area contributed by atoms with Crippen LogP contribution in [0.4, 0.5) is 33.9 Å². The van der Waals surface area contributed by atoms with E-state index in [9.17, 15) is 18.0 Å². The van der Waals surface area contributed by atoms with Gasteiger partial charge in [0.2, 0.25) is 0 Å². The van der Waals surface area contributed by atoms with Crippen LogP contribution >= 0.6 is 0 Å². The van der Waals surface area contributed by atoms with Crippen LogP contribution in [0.2, 0.25) is 0 Å². The predicted octanol–water partition coefficient (Wildman–Crippen LogP) is 4.55. The molecule has 0 aliphatic carbocycles. The Hall–Kier alpha value is -4.09. The van der Waals surface area contributed by atoms with E-state index in [2.05, 4.69) is 20.3 Å². The average molecular weight is 488 g/mol. The zero-order chi connectivity index (χ0) is 24.9. The number of ether oxygens (including phenoxy) is 1. The maximum atomic E-state index is 15.1. The molecule has 0 saturated carbocycles. The van der Waals surface area contributed by atoms with E-state index in [0.717, 1.165) is 11.2 Å². The largest absolute Gasteiger partial charge is 0.478 e. The third kappa shape index (κ3) is 3.84. The second-order valence-electron chi connectivity index (χ2n) is 8.25. The zero-order valence-corrected chi connectivity index (χ0v) is 18.5. The molecular weight excluding hydrogens is 468 g/mol. The van der Waals surface area contributed by atoms with Gasteiger partial charge in [0.1, 0.15) is 16.9 Å². The summed E-state index contributed by atoms with van der Waals surface area (Å²) in [5, 5.41) is 2.92. The number of hydrogen-bond donors (Lipinski definition) is 3. The van der Waals surface area contributed by atoms with E-state index >= 15 is 4.39 Å². The SMILES string of the molecule is COc1nc2c(F)c(F)c(F)c(C3CCN(c4c[nH]c5ccc(F)cc45)CC3)c2nc1NC(N)=O. The van der Waals surface area contributed by atoms with Gasteiger partial charge in [-0.05, 0) is 37.0 Å². The van der Waals surface area contributed by atoms with E-state index in [4.69, 9.17) is 10.5 Å². The Bertz CT molecular complexity index is 1470. The van der Waals surface area contributed by atoms with Crippen molar-refractivity contribution in [2.45, 2.75) is 18.8 Å². The van der Waals surface area contributed by atoms with Gasteiger partial charge < -0.3 is 20.4 Å². The molecule has 0 atom stereocenters. The number of carbonyl (C=O) groups excluding carboxylic acids is 1. The van der Waals surface area contributed by atoms with Crippen LogP contribution in [0.3, 0.4) is 0 Å². The van der Waals surface area contributed by atoms with Gasteiger partial charge in [-0.2, -0.15) is 0 Å². The molecule has 2 aromatic carbocycles. The van der Waals surface area contributed by atoms with Crippen LogP contribution in [0.25, 0.3) is 21.9 Å². The van der Waals surface area contributed by atoms with Crippen molar-refractivity contribution in [2.24, 2.45) is 5.73 Å². The van der Waals surface area contributed by atoms with Crippen molar-refractivity contribution >= 4 is 39.5 Å². The monoisotopic (exact) mass is 488 g/mol. The number of primary amides is 1. The van der Waals surface area contributed by atoms with Crippen molar-refractivity contribution < 1.29 is 27.1 Å². The molecule has 2 amide bonds. The van der Waals surface area contributed by atoms with Gasteiger partial charge >= 0.3 is 6.03 Å².